The molecule has 3 heterocycles. The van der Waals surface area contributed by atoms with Crippen LogP contribution in [0.3, 0.4) is 0 Å². The Kier molecular flexibility index (Phi) is 5.81. The number of fused-ring (bicyclic) bond motifs is 2. The molecule has 2 amide bonds. The minimum absolute atomic E-state index is 0.0247. The van der Waals surface area contributed by atoms with Gasteiger partial charge in [-0.1, -0.05) is 36.4 Å². The van der Waals surface area contributed by atoms with E-state index in [1.807, 2.05) is 30.3 Å². The summed E-state index contributed by atoms with van der Waals surface area (Å²) in [4.78, 5) is 40.2. The lowest BCUT2D eigenvalue weighted by atomic mass is 10.0. The summed E-state index contributed by atoms with van der Waals surface area (Å²) in [6.07, 6.45) is 1.13. The molecule has 1 unspecified atom stereocenters. The Bertz CT molecular complexity index is 1380. The number of nitrogens with one attached hydrogen (secondary N) is 1. The molecule has 0 bridgehead atoms. The summed E-state index contributed by atoms with van der Waals surface area (Å²) in [5.74, 6) is -3.86. The fourth-order valence-corrected chi connectivity index (χ4v) is 4.50. The maximum atomic E-state index is 13.9. The fraction of sp³-hybridized carbons (Fsp3) is 0.240. The molecule has 2 atom stereocenters. The predicted molar refractivity (Wildman–Crippen MR) is 120 cm³/mol. The molecule has 0 saturated carbocycles. The Morgan fingerprint density at radius 2 is 1.91 bits per heavy atom. The number of hydrogen-bond donors (Lipinski definition) is 2. The molecule has 180 valence electrons. The van der Waals surface area contributed by atoms with Crippen LogP contribution in [0.15, 0.2) is 59.5 Å². The van der Waals surface area contributed by atoms with Crippen molar-refractivity contribution in [2.75, 3.05) is 6.61 Å². The van der Waals surface area contributed by atoms with Crippen LogP contribution in [0, 0.1) is 11.6 Å². The molecule has 1 saturated heterocycles. The fourth-order valence-electron chi connectivity index (χ4n) is 4.50. The Morgan fingerprint density at radius 1 is 1.14 bits per heavy atom. The second kappa shape index (κ2) is 8.95. The third kappa shape index (κ3) is 4.17. The van der Waals surface area contributed by atoms with Crippen LogP contribution in [-0.4, -0.2) is 45.3 Å². The number of nitrogens with zero attached hydrogens (tertiary/aromatic N) is 2. The van der Waals surface area contributed by atoms with Gasteiger partial charge in [-0.15, -0.1) is 0 Å². The van der Waals surface area contributed by atoms with Crippen molar-refractivity contribution < 1.29 is 28.2 Å². The summed E-state index contributed by atoms with van der Waals surface area (Å²) in [5.41, 5.74) is -0.590. The van der Waals surface area contributed by atoms with E-state index in [1.165, 1.54) is 21.7 Å². The number of carbonyl (C=O) groups is 2. The van der Waals surface area contributed by atoms with Gasteiger partial charge >= 0.3 is 0 Å². The standard InChI is InChI=1S/C25H21F2N3O5/c26-16-7-6-15(19(27)9-16)10-28-24(33)18-11-29-12-20-30(25(34)21(29)23(32)22(18)31)17(13-35-20)8-14-4-2-1-3-5-14/h1-7,9,11,17,20,32H,8,10,12-13H2,(H,28,33)/t17?,20-/m1/s1. The first-order valence-corrected chi connectivity index (χ1v) is 11.0. The molecule has 10 heteroatoms. The number of aromatic nitrogens is 1. The molecule has 5 rings (SSSR count). The lowest BCUT2D eigenvalue weighted by Gasteiger charge is -2.34. The molecular formula is C25H21F2N3O5. The summed E-state index contributed by atoms with van der Waals surface area (Å²) in [7, 11) is 0. The number of rotatable bonds is 5. The lowest BCUT2D eigenvalue weighted by molar-refractivity contribution is 0.00575. The van der Waals surface area contributed by atoms with Gasteiger partial charge in [-0.25, -0.2) is 8.78 Å². The van der Waals surface area contributed by atoms with Crippen molar-refractivity contribution in [3.05, 3.63) is 99.0 Å². The highest BCUT2D eigenvalue weighted by molar-refractivity contribution is 5.99. The van der Waals surface area contributed by atoms with Gasteiger partial charge in [-0.05, 0) is 18.1 Å². The molecule has 2 N–H and O–H groups in total. The summed E-state index contributed by atoms with van der Waals surface area (Å²) in [6.45, 7) is 0.112. The van der Waals surface area contributed by atoms with Crippen molar-refractivity contribution in [2.24, 2.45) is 0 Å². The van der Waals surface area contributed by atoms with Gasteiger partial charge in [0.25, 0.3) is 11.8 Å². The second-order valence-corrected chi connectivity index (χ2v) is 8.48. The third-order valence-electron chi connectivity index (χ3n) is 6.24. The zero-order valence-electron chi connectivity index (χ0n) is 18.4. The van der Waals surface area contributed by atoms with E-state index in [4.69, 9.17) is 4.74 Å². The molecule has 2 aliphatic rings. The van der Waals surface area contributed by atoms with Crippen LogP contribution in [0.5, 0.6) is 5.75 Å². The van der Waals surface area contributed by atoms with Crippen LogP contribution in [-0.2, 0) is 24.2 Å². The van der Waals surface area contributed by atoms with Crippen LogP contribution in [0.25, 0.3) is 0 Å². The number of pyridine rings is 1. The van der Waals surface area contributed by atoms with Crippen molar-refractivity contribution in [3.8, 4) is 5.75 Å². The number of aromatic hydroxyl groups is 1. The Morgan fingerprint density at radius 3 is 2.66 bits per heavy atom. The molecule has 0 aliphatic carbocycles. The van der Waals surface area contributed by atoms with Gasteiger partial charge in [0.15, 0.2) is 17.7 Å². The summed E-state index contributed by atoms with van der Waals surface area (Å²) < 4.78 is 34.1. The van der Waals surface area contributed by atoms with E-state index < -0.39 is 46.4 Å². The monoisotopic (exact) mass is 481 g/mol. The highest BCUT2D eigenvalue weighted by Gasteiger charge is 2.44. The van der Waals surface area contributed by atoms with Crippen LogP contribution >= 0.6 is 0 Å². The summed E-state index contributed by atoms with van der Waals surface area (Å²) in [6, 6.07) is 12.2. The molecular weight excluding hydrogens is 460 g/mol. The van der Waals surface area contributed by atoms with Crippen molar-refractivity contribution in [1.82, 2.24) is 14.8 Å². The van der Waals surface area contributed by atoms with Crippen LogP contribution in [0.2, 0.25) is 0 Å². The molecule has 0 radical (unpaired) electrons. The summed E-state index contributed by atoms with van der Waals surface area (Å²) in [5, 5.41) is 13.0. The Labute approximate surface area is 198 Å². The Balaban J connectivity index is 1.39. The van der Waals surface area contributed by atoms with Crippen LogP contribution < -0.4 is 10.7 Å². The molecule has 35 heavy (non-hydrogen) atoms. The van der Waals surface area contributed by atoms with Crippen molar-refractivity contribution in [2.45, 2.75) is 31.8 Å². The van der Waals surface area contributed by atoms with Crippen molar-refractivity contribution in [3.63, 3.8) is 0 Å². The quantitative estimate of drug-likeness (QED) is 0.582. The van der Waals surface area contributed by atoms with Gasteiger partial charge in [0.1, 0.15) is 17.2 Å². The third-order valence-corrected chi connectivity index (χ3v) is 6.24. The van der Waals surface area contributed by atoms with Gasteiger partial charge in [0.05, 0.1) is 19.2 Å². The molecule has 2 aliphatic heterocycles. The first-order chi connectivity index (χ1) is 16.8. The molecule has 8 nitrogen and oxygen atoms in total. The first-order valence-electron chi connectivity index (χ1n) is 11.0. The van der Waals surface area contributed by atoms with Gasteiger partial charge in [-0.3, -0.25) is 14.4 Å². The molecule has 1 fully saturated rings. The minimum atomic E-state index is -1.01. The van der Waals surface area contributed by atoms with Gasteiger partial charge in [-0.2, -0.15) is 0 Å². The zero-order chi connectivity index (χ0) is 24.7. The number of hydrogen-bond acceptors (Lipinski definition) is 5. The maximum Gasteiger partial charge on any atom is 0.276 e. The maximum absolute atomic E-state index is 13.9. The molecule has 3 aromatic rings. The number of halogens is 2. The highest BCUT2D eigenvalue weighted by Crippen LogP contribution is 2.31. The van der Waals surface area contributed by atoms with Crippen LogP contribution in [0.4, 0.5) is 8.78 Å². The van der Waals surface area contributed by atoms with E-state index in [-0.39, 0.29) is 30.4 Å². The number of benzene rings is 2. The zero-order valence-corrected chi connectivity index (χ0v) is 18.4. The predicted octanol–water partition coefficient (Wildman–Crippen LogP) is 2.19. The molecule has 1 aromatic heterocycles. The lowest BCUT2D eigenvalue weighted by Crippen LogP contribution is -2.50. The van der Waals surface area contributed by atoms with E-state index in [0.717, 1.165) is 11.6 Å². The van der Waals surface area contributed by atoms with Crippen molar-refractivity contribution in [1.29, 1.82) is 0 Å². The van der Waals surface area contributed by atoms with E-state index in [1.54, 1.807) is 0 Å². The topological polar surface area (TPSA) is 101 Å². The second-order valence-electron chi connectivity index (χ2n) is 8.48. The largest absolute Gasteiger partial charge is 0.503 e. The van der Waals surface area contributed by atoms with Crippen molar-refractivity contribution >= 4 is 11.8 Å². The Hall–Kier alpha value is -4.05. The first kappa shape index (κ1) is 22.7. The highest BCUT2D eigenvalue weighted by atomic mass is 19.1. The molecule has 2 aromatic carbocycles. The normalized spacial score (nSPS) is 18.8. The van der Waals surface area contributed by atoms with Crippen LogP contribution in [0.1, 0.15) is 32.0 Å². The SMILES string of the molecule is O=C(NCc1ccc(F)cc1F)c1cn2c(c(O)c1=O)C(=O)N1C(Cc3ccccc3)CO[C@@H]1C2. The molecule has 0 spiro atoms. The number of carbonyl (C=O) groups excluding carboxylic acids is 2. The average molecular weight is 481 g/mol. The minimum Gasteiger partial charge on any atom is -0.503 e. The van der Waals surface area contributed by atoms with E-state index in [0.29, 0.717) is 19.1 Å². The van der Waals surface area contributed by atoms with E-state index in [2.05, 4.69) is 5.32 Å². The number of amides is 2. The van der Waals surface area contributed by atoms with E-state index in [9.17, 15) is 28.3 Å². The summed E-state index contributed by atoms with van der Waals surface area (Å²) >= 11 is 0. The van der Waals surface area contributed by atoms with Gasteiger partial charge < -0.3 is 24.6 Å². The number of ether oxygens (including phenoxy) is 1. The smallest absolute Gasteiger partial charge is 0.276 e. The van der Waals surface area contributed by atoms with Gasteiger partial charge in [0, 0.05) is 24.4 Å². The van der Waals surface area contributed by atoms with Gasteiger partial charge in [0.2, 0.25) is 5.43 Å². The average Bonchev–Trinajstić information content (AvgIpc) is 3.23. The van der Waals surface area contributed by atoms with E-state index >= 15 is 0 Å².